The van der Waals surface area contributed by atoms with Crippen LogP contribution in [0.15, 0.2) is 0 Å². The zero-order chi connectivity index (χ0) is 8.97. The Kier molecular flexibility index (Phi) is 3.49. The van der Waals surface area contributed by atoms with E-state index in [4.69, 9.17) is 10.5 Å². The molecular weight excluding hydrogens is 156 g/mol. The van der Waals surface area contributed by atoms with Crippen molar-refractivity contribution in [3.63, 3.8) is 0 Å². The van der Waals surface area contributed by atoms with Gasteiger partial charge < -0.3 is 15.8 Å². The number of hydrogen-bond donors (Lipinski definition) is 2. The molecule has 1 fully saturated rings. The Morgan fingerprint density at radius 3 is 2.75 bits per heavy atom. The van der Waals surface area contributed by atoms with Gasteiger partial charge in [0, 0.05) is 0 Å². The van der Waals surface area contributed by atoms with Crippen molar-refractivity contribution in [2.24, 2.45) is 5.73 Å². The van der Waals surface area contributed by atoms with E-state index >= 15 is 0 Å². The number of ether oxygens (including phenoxy) is 1. The first-order chi connectivity index (χ1) is 5.74. The van der Waals surface area contributed by atoms with Gasteiger partial charge in [0.15, 0.2) is 0 Å². The summed E-state index contributed by atoms with van der Waals surface area (Å²) in [4.78, 5) is 10.7. The molecule has 1 unspecified atom stereocenters. The second-order valence-electron chi connectivity index (χ2n) is 3.13. The van der Waals surface area contributed by atoms with Gasteiger partial charge in [-0.05, 0) is 26.3 Å². The Labute approximate surface area is 72.5 Å². The molecule has 4 heteroatoms. The van der Waals surface area contributed by atoms with Gasteiger partial charge in [-0.1, -0.05) is 0 Å². The van der Waals surface area contributed by atoms with Crippen LogP contribution in [0, 0.1) is 0 Å². The summed E-state index contributed by atoms with van der Waals surface area (Å²) in [6.07, 6.45) is 3.84. The van der Waals surface area contributed by atoms with Crippen LogP contribution in [0.3, 0.4) is 0 Å². The Bertz CT molecular complexity index is 157. The molecule has 1 saturated carbocycles. The molecule has 0 spiro atoms. The molecule has 1 amide bonds. The number of nitrogens with one attached hydrogen (secondary N) is 1. The number of amides is 1. The molecule has 4 nitrogen and oxygen atoms in total. The van der Waals surface area contributed by atoms with Crippen molar-refractivity contribution in [2.75, 3.05) is 13.7 Å². The van der Waals surface area contributed by atoms with Crippen molar-refractivity contribution in [1.82, 2.24) is 5.32 Å². The lowest BCUT2D eigenvalue weighted by Gasteiger charge is -2.27. The molecule has 12 heavy (non-hydrogen) atoms. The number of primary amides is 1. The standard InChI is InChI=1S/C8H16N2O2/c1-10-7(8(9)11)5-12-6-3-2-4-6/h6-7,10H,2-5H2,1H3,(H2,9,11). The first-order valence-electron chi connectivity index (χ1n) is 4.32. The zero-order valence-corrected chi connectivity index (χ0v) is 7.38. The van der Waals surface area contributed by atoms with E-state index in [1.807, 2.05) is 0 Å². The molecule has 0 heterocycles. The SMILES string of the molecule is CNC(COC1CCC1)C(N)=O. The lowest BCUT2D eigenvalue weighted by atomic mass is 9.96. The van der Waals surface area contributed by atoms with Crippen LogP contribution in [0.2, 0.25) is 0 Å². The van der Waals surface area contributed by atoms with Crippen molar-refractivity contribution >= 4 is 5.91 Å². The third-order valence-corrected chi connectivity index (χ3v) is 2.24. The van der Waals surface area contributed by atoms with E-state index < -0.39 is 0 Å². The van der Waals surface area contributed by atoms with Crippen LogP contribution in [0.25, 0.3) is 0 Å². The van der Waals surface area contributed by atoms with E-state index in [9.17, 15) is 4.79 Å². The van der Waals surface area contributed by atoms with Crippen molar-refractivity contribution in [2.45, 2.75) is 31.4 Å². The number of hydrogen-bond acceptors (Lipinski definition) is 3. The lowest BCUT2D eigenvalue weighted by Crippen LogP contribution is -2.44. The molecule has 0 aliphatic heterocycles. The fourth-order valence-corrected chi connectivity index (χ4v) is 1.08. The van der Waals surface area contributed by atoms with Crippen molar-refractivity contribution in [1.29, 1.82) is 0 Å². The normalized spacial score (nSPS) is 20.1. The molecule has 3 N–H and O–H groups in total. The van der Waals surface area contributed by atoms with Crippen molar-refractivity contribution in [3.05, 3.63) is 0 Å². The van der Waals surface area contributed by atoms with Crippen LogP contribution in [-0.4, -0.2) is 31.7 Å². The number of likely N-dealkylation sites (N-methyl/N-ethyl adjacent to an activating group) is 1. The van der Waals surface area contributed by atoms with Crippen LogP contribution in [0.5, 0.6) is 0 Å². The Morgan fingerprint density at radius 1 is 1.75 bits per heavy atom. The van der Waals surface area contributed by atoms with E-state index in [0.29, 0.717) is 12.7 Å². The second kappa shape index (κ2) is 4.42. The van der Waals surface area contributed by atoms with E-state index in [2.05, 4.69) is 5.32 Å². The molecule has 0 saturated heterocycles. The molecule has 0 aromatic heterocycles. The van der Waals surface area contributed by atoms with Gasteiger partial charge in [0.25, 0.3) is 0 Å². The summed E-state index contributed by atoms with van der Waals surface area (Å²) in [6, 6.07) is -0.342. The summed E-state index contributed by atoms with van der Waals surface area (Å²) in [6.45, 7) is 0.399. The van der Waals surface area contributed by atoms with E-state index in [1.165, 1.54) is 6.42 Å². The lowest BCUT2D eigenvalue weighted by molar-refractivity contribution is -0.122. The zero-order valence-electron chi connectivity index (χ0n) is 7.38. The van der Waals surface area contributed by atoms with Crippen LogP contribution in [-0.2, 0) is 9.53 Å². The topological polar surface area (TPSA) is 64.3 Å². The summed E-state index contributed by atoms with van der Waals surface area (Å²) in [7, 11) is 1.71. The smallest absolute Gasteiger partial charge is 0.236 e. The molecule has 0 aromatic carbocycles. The first-order valence-corrected chi connectivity index (χ1v) is 4.32. The number of carbonyl (C=O) groups excluding carboxylic acids is 1. The first kappa shape index (κ1) is 9.48. The average molecular weight is 172 g/mol. The van der Waals surface area contributed by atoms with E-state index in [0.717, 1.165) is 12.8 Å². The summed E-state index contributed by atoms with van der Waals surface area (Å²) in [5.41, 5.74) is 5.11. The maximum atomic E-state index is 10.7. The molecule has 0 radical (unpaired) electrons. The fraction of sp³-hybridized carbons (Fsp3) is 0.875. The third-order valence-electron chi connectivity index (χ3n) is 2.24. The van der Waals surface area contributed by atoms with Gasteiger partial charge in [0.2, 0.25) is 5.91 Å². The van der Waals surface area contributed by atoms with Crippen LogP contribution in [0.1, 0.15) is 19.3 Å². The maximum absolute atomic E-state index is 10.7. The van der Waals surface area contributed by atoms with Crippen LogP contribution < -0.4 is 11.1 Å². The Morgan fingerprint density at radius 2 is 2.42 bits per heavy atom. The van der Waals surface area contributed by atoms with Crippen LogP contribution >= 0.6 is 0 Å². The summed E-state index contributed by atoms with van der Waals surface area (Å²) < 4.78 is 5.43. The van der Waals surface area contributed by atoms with Crippen molar-refractivity contribution in [3.8, 4) is 0 Å². The molecule has 1 atom stereocenters. The molecule has 0 bridgehead atoms. The van der Waals surface area contributed by atoms with E-state index in [-0.39, 0.29) is 11.9 Å². The summed E-state index contributed by atoms with van der Waals surface area (Å²) in [5.74, 6) is -0.350. The molecule has 0 aromatic rings. The quantitative estimate of drug-likeness (QED) is 0.594. The highest BCUT2D eigenvalue weighted by Gasteiger charge is 2.21. The number of carbonyl (C=O) groups is 1. The largest absolute Gasteiger partial charge is 0.376 e. The molecule has 70 valence electrons. The second-order valence-corrected chi connectivity index (χ2v) is 3.13. The van der Waals surface area contributed by atoms with Gasteiger partial charge in [-0.25, -0.2) is 0 Å². The van der Waals surface area contributed by atoms with E-state index in [1.54, 1.807) is 7.05 Å². The predicted octanol–water partition coefficient (Wildman–Crippen LogP) is -0.371. The van der Waals surface area contributed by atoms with Gasteiger partial charge in [-0.15, -0.1) is 0 Å². The number of rotatable bonds is 5. The van der Waals surface area contributed by atoms with Gasteiger partial charge in [-0.2, -0.15) is 0 Å². The highest BCUT2D eigenvalue weighted by molar-refractivity contribution is 5.79. The Hall–Kier alpha value is -0.610. The van der Waals surface area contributed by atoms with Gasteiger partial charge >= 0.3 is 0 Å². The van der Waals surface area contributed by atoms with Gasteiger partial charge in [-0.3, -0.25) is 4.79 Å². The van der Waals surface area contributed by atoms with Gasteiger partial charge in [0.05, 0.1) is 12.7 Å². The predicted molar refractivity (Wildman–Crippen MR) is 45.6 cm³/mol. The van der Waals surface area contributed by atoms with Crippen LogP contribution in [0.4, 0.5) is 0 Å². The summed E-state index contributed by atoms with van der Waals surface area (Å²) in [5, 5.41) is 2.81. The monoisotopic (exact) mass is 172 g/mol. The third kappa shape index (κ3) is 2.46. The molecule has 1 rings (SSSR count). The minimum Gasteiger partial charge on any atom is -0.376 e. The highest BCUT2D eigenvalue weighted by atomic mass is 16.5. The minimum absolute atomic E-state index is 0.342. The maximum Gasteiger partial charge on any atom is 0.236 e. The fourth-order valence-electron chi connectivity index (χ4n) is 1.08. The highest BCUT2D eigenvalue weighted by Crippen LogP contribution is 2.21. The summed E-state index contributed by atoms with van der Waals surface area (Å²) >= 11 is 0. The van der Waals surface area contributed by atoms with Crippen molar-refractivity contribution < 1.29 is 9.53 Å². The molecule has 1 aliphatic carbocycles. The molecular formula is C8H16N2O2. The number of nitrogens with two attached hydrogens (primary N) is 1. The average Bonchev–Trinajstić information content (AvgIpc) is 1.93. The molecule has 1 aliphatic rings. The van der Waals surface area contributed by atoms with Gasteiger partial charge in [0.1, 0.15) is 6.04 Å². The minimum atomic E-state index is -0.350. The Balaban J connectivity index is 2.13.